The van der Waals surface area contributed by atoms with E-state index < -0.39 is 0 Å². The summed E-state index contributed by atoms with van der Waals surface area (Å²) in [5.74, 6) is 0.260. The molecule has 3 rings (SSSR count). The minimum Gasteiger partial charge on any atom is -0.464 e. The highest BCUT2D eigenvalue weighted by molar-refractivity contribution is 6.11. The molecule has 0 saturated carbocycles. The van der Waals surface area contributed by atoms with Crippen LogP contribution in [-0.2, 0) is 11.2 Å². The molecular weight excluding hydrogens is 266 g/mol. The molecule has 0 amide bonds. The zero-order valence-corrected chi connectivity index (χ0v) is 12.4. The standard InChI is InChI=1S/C17H19NO3/c1-10-6-8-12-15-11(14(19)9-7-10)4-3-5-13(15)18-16(12)17(20)21-2/h3-5,10,18H,6-9H2,1-2H3/t10-/m1/s1. The summed E-state index contributed by atoms with van der Waals surface area (Å²) in [5, 5.41) is 0.900. The number of benzene rings is 1. The SMILES string of the molecule is COC(=O)c1[nH]c2cccc3c2c1CC[C@@H](C)CCC3=O. The number of esters is 1. The van der Waals surface area contributed by atoms with Crippen molar-refractivity contribution in [1.29, 1.82) is 0 Å². The molecule has 0 fully saturated rings. The molecule has 0 radical (unpaired) electrons. The van der Waals surface area contributed by atoms with E-state index in [9.17, 15) is 9.59 Å². The van der Waals surface area contributed by atoms with Gasteiger partial charge in [0.1, 0.15) is 5.69 Å². The van der Waals surface area contributed by atoms with Gasteiger partial charge in [0, 0.05) is 22.9 Å². The molecule has 0 unspecified atom stereocenters. The monoisotopic (exact) mass is 285 g/mol. The van der Waals surface area contributed by atoms with E-state index in [1.165, 1.54) is 7.11 Å². The van der Waals surface area contributed by atoms with Crippen molar-refractivity contribution in [3.63, 3.8) is 0 Å². The Morgan fingerprint density at radius 3 is 2.81 bits per heavy atom. The van der Waals surface area contributed by atoms with Gasteiger partial charge >= 0.3 is 5.97 Å². The number of H-pyrrole nitrogens is 1. The summed E-state index contributed by atoms with van der Waals surface area (Å²) < 4.78 is 4.87. The topological polar surface area (TPSA) is 59.2 Å². The maximum Gasteiger partial charge on any atom is 0.354 e. The second kappa shape index (κ2) is 5.35. The summed E-state index contributed by atoms with van der Waals surface area (Å²) in [6.45, 7) is 2.16. The molecular formula is C17H19NO3. The van der Waals surface area contributed by atoms with Crippen molar-refractivity contribution in [3.8, 4) is 0 Å². The lowest BCUT2D eigenvalue weighted by molar-refractivity contribution is 0.0593. The van der Waals surface area contributed by atoms with Crippen LogP contribution in [-0.4, -0.2) is 23.8 Å². The molecule has 0 aliphatic heterocycles. The Kier molecular flexibility index (Phi) is 3.53. The van der Waals surface area contributed by atoms with Crippen molar-refractivity contribution >= 4 is 22.7 Å². The van der Waals surface area contributed by atoms with E-state index in [4.69, 9.17) is 4.74 Å². The first-order valence-electron chi connectivity index (χ1n) is 7.37. The predicted octanol–water partition coefficient (Wildman–Crippen LogP) is 3.50. The van der Waals surface area contributed by atoms with Gasteiger partial charge in [-0.15, -0.1) is 0 Å². The highest BCUT2D eigenvalue weighted by Crippen LogP contribution is 2.32. The van der Waals surface area contributed by atoms with E-state index in [0.717, 1.165) is 41.3 Å². The fourth-order valence-corrected chi connectivity index (χ4v) is 3.12. The number of Topliss-reactive ketones (excluding diaryl/α,β-unsaturated/α-hetero) is 1. The molecule has 1 heterocycles. The number of aryl methyl sites for hydroxylation is 1. The average Bonchev–Trinajstić information content (AvgIpc) is 2.89. The summed E-state index contributed by atoms with van der Waals surface area (Å²) in [4.78, 5) is 27.6. The second-order valence-corrected chi connectivity index (χ2v) is 5.80. The Hall–Kier alpha value is -2.10. The summed E-state index contributed by atoms with van der Waals surface area (Å²) >= 11 is 0. The molecule has 4 nitrogen and oxygen atoms in total. The normalized spacial score (nSPS) is 19.0. The van der Waals surface area contributed by atoms with Crippen molar-refractivity contribution in [2.45, 2.75) is 32.6 Å². The predicted molar refractivity (Wildman–Crippen MR) is 80.7 cm³/mol. The average molecular weight is 285 g/mol. The number of aromatic amines is 1. The molecule has 2 aromatic rings. The number of methoxy groups -OCH3 is 1. The van der Waals surface area contributed by atoms with Gasteiger partial charge in [0.2, 0.25) is 0 Å². The van der Waals surface area contributed by atoms with E-state index in [1.54, 1.807) is 0 Å². The maximum absolute atomic E-state index is 12.5. The molecule has 0 bridgehead atoms. The molecule has 1 atom stereocenters. The van der Waals surface area contributed by atoms with Crippen LogP contribution in [0.5, 0.6) is 0 Å². The third kappa shape index (κ3) is 2.35. The van der Waals surface area contributed by atoms with Gasteiger partial charge in [0.15, 0.2) is 5.78 Å². The molecule has 1 N–H and O–H groups in total. The Labute approximate surface area is 123 Å². The minimum atomic E-state index is -0.369. The molecule has 110 valence electrons. The maximum atomic E-state index is 12.5. The molecule has 4 heteroatoms. The van der Waals surface area contributed by atoms with Crippen LogP contribution >= 0.6 is 0 Å². The highest BCUT2D eigenvalue weighted by Gasteiger charge is 2.24. The molecule has 0 spiro atoms. The number of carbonyl (C=O) groups is 2. The Morgan fingerprint density at radius 2 is 2.05 bits per heavy atom. The number of hydrogen-bond donors (Lipinski definition) is 1. The Balaban J connectivity index is 2.27. The van der Waals surface area contributed by atoms with E-state index >= 15 is 0 Å². The third-order valence-corrected chi connectivity index (χ3v) is 4.37. The van der Waals surface area contributed by atoms with Crippen LogP contribution in [0.2, 0.25) is 0 Å². The summed E-state index contributed by atoms with van der Waals surface area (Å²) in [6, 6.07) is 5.63. The van der Waals surface area contributed by atoms with Gasteiger partial charge in [-0.05, 0) is 36.8 Å². The summed E-state index contributed by atoms with van der Waals surface area (Å²) in [7, 11) is 1.38. The molecule has 0 saturated heterocycles. The number of nitrogens with one attached hydrogen (secondary N) is 1. The van der Waals surface area contributed by atoms with Gasteiger partial charge in [-0.1, -0.05) is 19.1 Å². The van der Waals surface area contributed by atoms with Crippen molar-refractivity contribution < 1.29 is 14.3 Å². The van der Waals surface area contributed by atoms with Gasteiger partial charge in [-0.2, -0.15) is 0 Å². The van der Waals surface area contributed by atoms with Gasteiger partial charge in [0.05, 0.1) is 7.11 Å². The minimum absolute atomic E-state index is 0.158. The van der Waals surface area contributed by atoms with Gasteiger partial charge < -0.3 is 9.72 Å². The van der Waals surface area contributed by atoms with E-state index in [1.807, 2.05) is 18.2 Å². The molecule has 21 heavy (non-hydrogen) atoms. The quantitative estimate of drug-likeness (QED) is 0.816. The highest BCUT2D eigenvalue weighted by atomic mass is 16.5. The number of carbonyl (C=O) groups excluding carboxylic acids is 2. The van der Waals surface area contributed by atoms with Crippen LogP contribution in [0.15, 0.2) is 18.2 Å². The number of hydrogen-bond acceptors (Lipinski definition) is 3. The van der Waals surface area contributed by atoms with E-state index in [0.29, 0.717) is 18.0 Å². The summed E-state index contributed by atoms with van der Waals surface area (Å²) in [6.07, 6.45) is 3.23. The van der Waals surface area contributed by atoms with Crippen LogP contribution < -0.4 is 0 Å². The van der Waals surface area contributed by atoms with Crippen LogP contribution in [0, 0.1) is 5.92 Å². The zero-order valence-electron chi connectivity index (χ0n) is 12.4. The Morgan fingerprint density at radius 1 is 1.29 bits per heavy atom. The van der Waals surface area contributed by atoms with Crippen molar-refractivity contribution in [2.24, 2.45) is 5.92 Å². The van der Waals surface area contributed by atoms with Crippen molar-refractivity contribution in [1.82, 2.24) is 4.98 Å². The lowest BCUT2D eigenvalue weighted by atomic mass is 9.97. The zero-order chi connectivity index (χ0) is 15.0. The van der Waals surface area contributed by atoms with Gasteiger partial charge in [0.25, 0.3) is 0 Å². The molecule has 1 aliphatic carbocycles. The van der Waals surface area contributed by atoms with Gasteiger partial charge in [-0.25, -0.2) is 4.79 Å². The second-order valence-electron chi connectivity index (χ2n) is 5.80. The number of ketones is 1. The third-order valence-electron chi connectivity index (χ3n) is 4.37. The van der Waals surface area contributed by atoms with E-state index in [-0.39, 0.29) is 11.8 Å². The fourth-order valence-electron chi connectivity index (χ4n) is 3.12. The van der Waals surface area contributed by atoms with Crippen LogP contribution in [0.1, 0.15) is 52.6 Å². The lowest BCUT2D eigenvalue weighted by Crippen LogP contribution is -2.06. The van der Waals surface area contributed by atoms with Crippen molar-refractivity contribution in [2.75, 3.05) is 7.11 Å². The van der Waals surface area contributed by atoms with Crippen LogP contribution in [0.3, 0.4) is 0 Å². The molecule has 1 aromatic carbocycles. The lowest BCUT2D eigenvalue weighted by Gasteiger charge is -2.08. The van der Waals surface area contributed by atoms with Crippen molar-refractivity contribution in [3.05, 3.63) is 35.0 Å². The first-order chi connectivity index (χ1) is 10.1. The molecule has 1 aromatic heterocycles. The van der Waals surface area contributed by atoms with Crippen LogP contribution in [0.25, 0.3) is 10.9 Å². The number of rotatable bonds is 1. The van der Waals surface area contributed by atoms with Gasteiger partial charge in [-0.3, -0.25) is 4.79 Å². The molecule has 1 aliphatic rings. The van der Waals surface area contributed by atoms with Crippen LogP contribution in [0.4, 0.5) is 0 Å². The fraction of sp³-hybridized carbons (Fsp3) is 0.412. The first-order valence-corrected chi connectivity index (χ1v) is 7.37. The smallest absolute Gasteiger partial charge is 0.354 e. The number of ether oxygens (including phenoxy) is 1. The van der Waals surface area contributed by atoms with E-state index in [2.05, 4.69) is 11.9 Å². The largest absolute Gasteiger partial charge is 0.464 e. The number of aromatic nitrogens is 1. The Bertz CT molecular complexity index is 714. The summed E-state index contributed by atoms with van der Waals surface area (Å²) in [5.41, 5.74) is 2.98. The first kappa shape index (κ1) is 13.9.